The van der Waals surface area contributed by atoms with Crippen LogP contribution in [0.5, 0.6) is 11.6 Å². The summed E-state index contributed by atoms with van der Waals surface area (Å²) < 4.78 is 33.9. The Balaban J connectivity index is 2.33. The lowest BCUT2D eigenvalue weighted by Gasteiger charge is -2.15. The molecule has 21 heavy (non-hydrogen) atoms. The third kappa shape index (κ3) is 3.79. The molecule has 110 valence electrons. The molecule has 1 aromatic rings. The number of nitriles is 1. The SMILES string of the molecule is N#CC1C=C(Oc2c(OC(F)F)nc[nH]c2=O)C=C(Cl)C1. The summed E-state index contributed by atoms with van der Waals surface area (Å²) in [4.78, 5) is 17.3. The number of H-pyrrole nitrogens is 1. The van der Waals surface area contributed by atoms with Crippen LogP contribution in [0.15, 0.2) is 34.1 Å². The largest absolute Gasteiger partial charge is 0.446 e. The van der Waals surface area contributed by atoms with Crippen molar-refractivity contribution in [2.24, 2.45) is 5.92 Å². The molecular formula is C12H8ClF2N3O3. The van der Waals surface area contributed by atoms with E-state index in [2.05, 4.69) is 14.7 Å². The second kappa shape index (κ2) is 6.37. The van der Waals surface area contributed by atoms with Crippen LogP contribution in [0.3, 0.4) is 0 Å². The highest BCUT2D eigenvalue weighted by molar-refractivity contribution is 6.29. The molecular weight excluding hydrogens is 308 g/mol. The molecule has 0 amide bonds. The Kier molecular flexibility index (Phi) is 4.55. The molecule has 9 heteroatoms. The van der Waals surface area contributed by atoms with E-state index in [-0.39, 0.29) is 5.76 Å². The second-order valence-corrected chi connectivity index (χ2v) is 4.43. The number of halogens is 3. The first-order chi connectivity index (χ1) is 9.99. The normalized spacial score (nSPS) is 17.8. The van der Waals surface area contributed by atoms with Crippen LogP contribution in [0.2, 0.25) is 0 Å². The Bertz CT molecular complexity index is 694. The van der Waals surface area contributed by atoms with Crippen molar-refractivity contribution in [1.82, 2.24) is 9.97 Å². The lowest BCUT2D eigenvalue weighted by Crippen LogP contribution is -2.16. The molecule has 0 spiro atoms. The van der Waals surface area contributed by atoms with Crippen LogP contribution in [0.4, 0.5) is 8.78 Å². The molecule has 1 atom stereocenters. The van der Waals surface area contributed by atoms with Crippen LogP contribution in [0.25, 0.3) is 0 Å². The van der Waals surface area contributed by atoms with Gasteiger partial charge in [0.25, 0.3) is 17.2 Å². The van der Waals surface area contributed by atoms with Crippen molar-refractivity contribution < 1.29 is 18.3 Å². The van der Waals surface area contributed by atoms with Gasteiger partial charge in [0.15, 0.2) is 0 Å². The van der Waals surface area contributed by atoms with E-state index in [1.165, 1.54) is 12.2 Å². The molecule has 1 N–H and O–H groups in total. The van der Waals surface area contributed by atoms with Crippen LogP contribution in [-0.2, 0) is 0 Å². The van der Waals surface area contributed by atoms with E-state index in [0.29, 0.717) is 11.5 Å². The topological polar surface area (TPSA) is 88.0 Å². The number of nitrogens with one attached hydrogen (secondary N) is 1. The number of alkyl halides is 2. The molecule has 1 aliphatic carbocycles. The molecule has 2 rings (SSSR count). The molecule has 0 saturated carbocycles. The maximum absolute atomic E-state index is 12.3. The highest BCUT2D eigenvalue weighted by Crippen LogP contribution is 2.28. The molecule has 0 saturated heterocycles. The minimum Gasteiger partial charge on any atom is -0.446 e. The van der Waals surface area contributed by atoms with Gasteiger partial charge < -0.3 is 14.5 Å². The van der Waals surface area contributed by atoms with E-state index in [0.717, 1.165) is 6.33 Å². The lowest BCUT2D eigenvalue weighted by atomic mass is 10.0. The second-order valence-electron chi connectivity index (χ2n) is 3.95. The summed E-state index contributed by atoms with van der Waals surface area (Å²) in [6, 6.07) is 1.98. The van der Waals surface area contributed by atoms with E-state index in [1.807, 2.05) is 6.07 Å². The lowest BCUT2D eigenvalue weighted by molar-refractivity contribution is -0.0544. The van der Waals surface area contributed by atoms with Gasteiger partial charge in [-0.3, -0.25) is 4.79 Å². The Hall–Kier alpha value is -2.40. The first-order valence-corrected chi connectivity index (χ1v) is 6.05. The fourth-order valence-electron chi connectivity index (χ4n) is 1.62. The number of hydrogen-bond donors (Lipinski definition) is 1. The third-order valence-electron chi connectivity index (χ3n) is 2.44. The van der Waals surface area contributed by atoms with Crippen LogP contribution in [0, 0.1) is 17.2 Å². The fourth-order valence-corrected chi connectivity index (χ4v) is 1.90. The molecule has 1 aromatic heterocycles. The number of allylic oxidation sites excluding steroid dienone is 3. The van der Waals surface area contributed by atoms with Gasteiger partial charge in [0.05, 0.1) is 18.3 Å². The number of nitrogens with zero attached hydrogens (tertiary/aromatic N) is 2. The Morgan fingerprint density at radius 3 is 3.00 bits per heavy atom. The molecule has 0 radical (unpaired) electrons. The number of hydrogen-bond acceptors (Lipinski definition) is 5. The number of rotatable bonds is 4. The minimum atomic E-state index is -3.16. The van der Waals surface area contributed by atoms with Crippen LogP contribution < -0.4 is 15.0 Å². The summed E-state index contributed by atoms with van der Waals surface area (Å²) in [7, 11) is 0. The molecule has 1 unspecified atom stereocenters. The molecule has 0 aliphatic heterocycles. The van der Waals surface area contributed by atoms with Crippen LogP contribution in [0.1, 0.15) is 6.42 Å². The van der Waals surface area contributed by atoms with Crippen molar-refractivity contribution in [3.05, 3.63) is 39.6 Å². The van der Waals surface area contributed by atoms with Crippen LogP contribution in [-0.4, -0.2) is 16.6 Å². The Morgan fingerprint density at radius 1 is 1.57 bits per heavy atom. The number of ether oxygens (including phenoxy) is 2. The van der Waals surface area contributed by atoms with E-state index < -0.39 is 29.7 Å². The van der Waals surface area contributed by atoms with E-state index in [4.69, 9.17) is 21.6 Å². The quantitative estimate of drug-likeness (QED) is 0.921. The van der Waals surface area contributed by atoms with Gasteiger partial charge in [-0.2, -0.15) is 14.0 Å². The zero-order chi connectivity index (χ0) is 15.4. The predicted octanol–water partition coefficient (Wildman–Crippen LogP) is 2.30. The van der Waals surface area contributed by atoms with E-state index in [1.54, 1.807) is 0 Å². The van der Waals surface area contributed by atoms with E-state index >= 15 is 0 Å². The first kappa shape index (κ1) is 15.0. The van der Waals surface area contributed by atoms with Crippen molar-refractivity contribution in [3.63, 3.8) is 0 Å². The van der Waals surface area contributed by atoms with Gasteiger partial charge in [-0.15, -0.1) is 0 Å². The number of aromatic amines is 1. The smallest absolute Gasteiger partial charge is 0.388 e. The van der Waals surface area contributed by atoms with Crippen molar-refractivity contribution in [3.8, 4) is 17.7 Å². The highest BCUT2D eigenvalue weighted by Gasteiger charge is 2.20. The zero-order valence-corrected chi connectivity index (χ0v) is 11.1. The van der Waals surface area contributed by atoms with Gasteiger partial charge >= 0.3 is 6.61 Å². The maximum atomic E-state index is 12.3. The summed E-state index contributed by atoms with van der Waals surface area (Å²) in [6.45, 7) is -3.16. The fraction of sp³-hybridized carbons (Fsp3) is 0.250. The van der Waals surface area contributed by atoms with Crippen molar-refractivity contribution in [2.75, 3.05) is 0 Å². The van der Waals surface area contributed by atoms with Crippen LogP contribution >= 0.6 is 11.6 Å². The Morgan fingerprint density at radius 2 is 2.33 bits per heavy atom. The molecule has 1 aliphatic rings. The predicted molar refractivity (Wildman–Crippen MR) is 67.9 cm³/mol. The van der Waals surface area contributed by atoms with Gasteiger partial charge in [-0.25, -0.2) is 4.98 Å². The summed E-state index contributed by atoms with van der Waals surface area (Å²) in [5.41, 5.74) is -0.801. The van der Waals surface area contributed by atoms with E-state index in [9.17, 15) is 13.6 Å². The van der Waals surface area contributed by atoms with Gasteiger partial charge in [0, 0.05) is 11.5 Å². The summed E-state index contributed by atoms with van der Waals surface area (Å²) in [6.07, 6.45) is 4.02. The average molecular weight is 316 g/mol. The van der Waals surface area contributed by atoms with Gasteiger partial charge in [0.2, 0.25) is 0 Å². The molecule has 0 bridgehead atoms. The van der Waals surface area contributed by atoms with Gasteiger partial charge in [0.1, 0.15) is 5.76 Å². The highest BCUT2D eigenvalue weighted by atomic mass is 35.5. The minimum absolute atomic E-state index is 0.0791. The van der Waals surface area contributed by atoms with Crippen molar-refractivity contribution in [2.45, 2.75) is 13.0 Å². The molecule has 1 heterocycles. The summed E-state index contributed by atoms with van der Waals surface area (Å²) >= 11 is 5.85. The summed E-state index contributed by atoms with van der Waals surface area (Å²) in [5, 5.41) is 9.22. The third-order valence-corrected chi connectivity index (χ3v) is 2.71. The van der Waals surface area contributed by atoms with Gasteiger partial charge in [-0.05, 0) is 12.2 Å². The number of aromatic nitrogens is 2. The average Bonchev–Trinajstić information content (AvgIpc) is 2.41. The zero-order valence-electron chi connectivity index (χ0n) is 10.3. The monoisotopic (exact) mass is 315 g/mol. The standard InChI is InChI=1S/C12H8ClF2N3O3/c13-7-1-6(4-16)2-8(3-7)20-9-10(19)17-5-18-11(9)21-12(14)15/h2-3,5-6,12H,1H2,(H,17,18,19). The molecule has 0 fully saturated rings. The van der Waals surface area contributed by atoms with Crippen molar-refractivity contribution in [1.29, 1.82) is 5.26 Å². The molecule has 0 aromatic carbocycles. The molecule has 6 nitrogen and oxygen atoms in total. The summed E-state index contributed by atoms with van der Waals surface area (Å²) in [5.74, 6) is -1.65. The van der Waals surface area contributed by atoms with Gasteiger partial charge in [-0.1, -0.05) is 11.6 Å². The van der Waals surface area contributed by atoms with Crippen molar-refractivity contribution >= 4 is 11.6 Å². The Labute approximate surface area is 122 Å². The maximum Gasteiger partial charge on any atom is 0.388 e. The first-order valence-electron chi connectivity index (χ1n) is 5.67.